The Bertz CT molecular complexity index is 345. The van der Waals surface area contributed by atoms with Crippen molar-refractivity contribution in [1.29, 1.82) is 0 Å². The summed E-state index contributed by atoms with van der Waals surface area (Å²) >= 11 is 0. The molecule has 1 aromatic carbocycles. The number of hydrogen-bond donors (Lipinski definition) is 2. The number of benzene rings is 1. The van der Waals surface area contributed by atoms with Crippen molar-refractivity contribution in [2.45, 2.75) is 19.4 Å². The molecule has 0 bridgehead atoms. The van der Waals surface area contributed by atoms with Gasteiger partial charge in [-0.05, 0) is 19.0 Å². The highest BCUT2D eigenvalue weighted by molar-refractivity contribution is 5.85. The Morgan fingerprint density at radius 1 is 1.41 bits per heavy atom. The van der Waals surface area contributed by atoms with E-state index in [0.29, 0.717) is 19.5 Å². The number of carbonyl (C=O) groups is 1. The molecule has 96 valence electrons. The zero-order valence-corrected chi connectivity index (χ0v) is 10.8. The highest BCUT2D eigenvalue weighted by atomic mass is 35.5. The van der Waals surface area contributed by atoms with Crippen molar-refractivity contribution in [3.05, 3.63) is 29.8 Å². The van der Waals surface area contributed by atoms with Crippen LogP contribution in [0.2, 0.25) is 0 Å². The Balaban J connectivity index is 0.00000256. The number of hydrogen-bond acceptors (Lipinski definition) is 3. The molecule has 1 aromatic rings. The van der Waals surface area contributed by atoms with Crippen molar-refractivity contribution in [2.24, 2.45) is 5.73 Å². The minimum atomic E-state index is 0. The van der Waals surface area contributed by atoms with Crippen LogP contribution in [-0.2, 0) is 11.3 Å². The summed E-state index contributed by atoms with van der Waals surface area (Å²) in [4.78, 5) is 11.4. The van der Waals surface area contributed by atoms with Crippen LogP contribution in [0.15, 0.2) is 24.3 Å². The van der Waals surface area contributed by atoms with Crippen molar-refractivity contribution in [3.63, 3.8) is 0 Å². The highest BCUT2D eigenvalue weighted by Crippen LogP contribution is 2.16. The predicted molar refractivity (Wildman–Crippen MR) is 70.4 cm³/mol. The highest BCUT2D eigenvalue weighted by Gasteiger charge is 2.04. The lowest BCUT2D eigenvalue weighted by molar-refractivity contribution is -0.121. The van der Waals surface area contributed by atoms with E-state index in [1.54, 1.807) is 7.11 Å². The molecule has 0 spiro atoms. The van der Waals surface area contributed by atoms with E-state index in [1.165, 1.54) is 0 Å². The van der Waals surface area contributed by atoms with Crippen LogP contribution >= 0.6 is 12.4 Å². The molecule has 0 atom stereocenters. The number of nitrogens with one attached hydrogen (secondary N) is 1. The molecule has 3 N–H and O–H groups in total. The van der Waals surface area contributed by atoms with Gasteiger partial charge in [0.2, 0.25) is 5.91 Å². The number of nitrogens with two attached hydrogens (primary N) is 1. The molecule has 0 aromatic heterocycles. The predicted octanol–water partition coefficient (Wildman–Crippen LogP) is 1.47. The Morgan fingerprint density at radius 3 is 2.76 bits per heavy atom. The summed E-state index contributed by atoms with van der Waals surface area (Å²) < 4.78 is 5.19. The van der Waals surface area contributed by atoms with Crippen molar-refractivity contribution in [2.75, 3.05) is 13.7 Å². The molecule has 0 fully saturated rings. The summed E-state index contributed by atoms with van der Waals surface area (Å²) in [6.07, 6.45) is 1.20. The molecular weight excluding hydrogens is 240 g/mol. The molecular formula is C12H19ClN2O2. The smallest absolute Gasteiger partial charge is 0.220 e. The average Bonchev–Trinajstić information content (AvgIpc) is 2.34. The van der Waals surface area contributed by atoms with Crippen molar-refractivity contribution in [3.8, 4) is 5.75 Å². The van der Waals surface area contributed by atoms with E-state index in [-0.39, 0.29) is 18.3 Å². The summed E-state index contributed by atoms with van der Waals surface area (Å²) in [6, 6.07) is 7.63. The second-order valence-electron chi connectivity index (χ2n) is 3.48. The summed E-state index contributed by atoms with van der Waals surface area (Å²) in [5.41, 5.74) is 6.31. The van der Waals surface area contributed by atoms with Gasteiger partial charge in [-0.25, -0.2) is 0 Å². The maximum absolute atomic E-state index is 11.4. The lowest BCUT2D eigenvalue weighted by atomic mass is 10.2. The Labute approximate surface area is 108 Å². The van der Waals surface area contributed by atoms with Gasteiger partial charge in [0.1, 0.15) is 5.75 Å². The van der Waals surface area contributed by atoms with Crippen LogP contribution < -0.4 is 15.8 Å². The van der Waals surface area contributed by atoms with Crippen LogP contribution in [0.4, 0.5) is 0 Å². The van der Waals surface area contributed by atoms with Gasteiger partial charge in [-0.15, -0.1) is 12.4 Å². The second kappa shape index (κ2) is 8.84. The topological polar surface area (TPSA) is 64.3 Å². The van der Waals surface area contributed by atoms with Gasteiger partial charge in [0.15, 0.2) is 0 Å². The van der Waals surface area contributed by atoms with Crippen molar-refractivity contribution >= 4 is 18.3 Å². The van der Waals surface area contributed by atoms with Crippen LogP contribution in [0.3, 0.4) is 0 Å². The fourth-order valence-electron chi connectivity index (χ4n) is 1.39. The lowest BCUT2D eigenvalue weighted by Gasteiger charge is -2.09. The molecule has 1 amide bonds. The Kier molecular flexibility index (Phi) is 8.19. The molecule has 0 unspecified atom stereocenters. The molecule has 0 saturated heterocycles. The fraction of sp³-hybridized carbons (Fsp3) is 0.417. The second-order valence-corrected chi connectivity index (χ2v) is 3.48. The normalized spacial score (nSPS) is 9.29. The SMILES string of the molecule is COc1ccccc1CNC(=O)CCCN.Cl. The standard InChI is InChI=1S/C12H18N2O2.ClH/c1-16-11-6-3-2-5-10(11)9-14-12(15)7-4-8-13;/h2-3,5-6H,4,7-9,13H2,1H3,(H,14,15);1H. The van der Waals surface area contributed by atoms with Crippen LogP contribution in [0, 0.1) is 0 Å². The molecule has 0 saturated carbocycles. The molecule has 4 nitrogen and oxygen atoms in total. The first-order chi connectivity index (χ1) is 7.77. The number of carbonyl (C=O) groups excluding carboxylic acids is 1. The molecule has 5 heteroatoms. The Morgan fingerprint density at radius 2 is 2.12 bits per heavy atom. The quantitative estimate of drug-likeness (QED) is 0.812. The number of amides is 1. The van der Waals surface area contributed by atoms with E-state index < -0.39 is 0 Å². The first-order valence-corrected chi connectivity index (χ1v) is 5.36. The Hall–Kier alpha value is -1.26. The number of rotatable bonds is 6. The average molecular weight is 259 g/mol. The molecule has 0 aliphatic heterocycles. The van der Waals surface area contributed by atoms with E-state index in [1.807, 2.05) is 24.3 Å². The molecule has 0 radical (unpaired) electrons. The minimum absolute atomic E-state index is 0. The van der Waals surface area contributed by atoms with Gasteiger partial charge in [0.05, 0.1) is 7.11 Å². The molecule has 0 aliphatic rings. The fourth-order valence-corrected chi connectivity index (χ4v) is 1.39. The summed E-state index contributed by atoms with van der Waals surface area (Å²) in [6.45, 7) is 1.04. The van der Waals surface area contributed by atoms with Gasteiger partial charge >= 0.3 is 0 Å². The molecule has 1 rings (SSSR count). The van der Waals surface area contributed by atoms with E-state index in [2.05, 4.69) is 5.32 Å². The third-order valence-electron chi connectivity index (χ3n) is 2.28. The zero-order chi connectivity index (χ0) is 11.8. The number of ether oxygens (including phenoxy) is 1. The van der Waals surface area contributed by atoms with Gasteiger partial charge in [0.25, 0.3) is 0 Å². The van der Waals surface area contributed by atoms with Gasteiger partial charge in [0, 0.05) is 18.5 Å². The molecule has 17 heavy (non-hydrogen) atoms. The van der Waals surface area contributed by atoms with E-state index >= 15 is 0 Å². The van der Waals surface area contributed by atoms with E-state index in [4.69, 9.17) is 10.5 Å². The minimum Gasteiger partial charge on any atom is -0.496 e. The number of para-hydroxylation sites is 1. The third-order valence-corrected chi connectivity index (χ3v) is 2.28. The van der Waals surface area contributed by atoms with Crippen LogP contribution in [-0.4, -0.2) is 19.6 Å². The van der Waals surface area contributed by atoms with Crippen molar-refractivity contribution < 1.29 is 9.53 Å². The van der Waals surface area contributed by atoms with Crippen molar-refractivity contribution in [1.82, 2.24) is 5.32 Å². The zero-order valence-electron chi connectivity index (χ0n) is 9.94. The third kappa shape index (κ3) is 5.56. The maximum Gasteiger partial charge on any atom is 0.220 e. The molecule has 0 heterocycles. The number of halogens is 1. The van der Waals surface area contributed by atoms with Gasteiger partial charge in [-0.3, -0.25) is 4.79 Å². The van der Waals surface area contributed by atoms with Crippen LogP contribution in [0.5, 0.6) is 5.75 Å². The monoisotopic (exact) mass is 258 g/mol. The van der Waals surface area contributed by atoms with Gasteiger partial charge in [-0.1, -0.05) is 18.2 Å². The van der Waals surface area contributed by atoms with E-state index in [9.17, 15) is 4.79 Å². The van der Waals surface area contributed by atoms with Crippen LogP contribution in [0.25, 0.3) is 0 Å². The first-order valence-electron chi connectivity index (χ1n) is 5.36. The maximum atomic E-state index is 11.4. The lowest BCUT2D eigenvalue weighted by Crippen LogP contribution is -2.23. The first kappa shape index (κ1) is 15.7. The van der Waals surface area contributed by atoms with Gasteiger partial charge in [-0.2, -0.15) is 0 Å². The van der Waals surface area contributed by atoms with Gasteiger partial charge < -0.3 is 15.8 Å². The summed E-state index contributed by atoms with van der Waals surface area (Å²) in [5, 5.41) is 2.83. The number of methoxy groups -OCH3 is 1. The van der Waals surface area contributed by atoms with Crippen LogP contribution in [0.1, 0.15) is 18.4 Å². The molecule has 0 aliphatic carbocycles. The summed E-state index contributed by atoms with van der Waals surface area (Å²) in [7, 11) is 1.62. The summed E-state index contributed by atoms with van der Waals surface area (Å²) in [5.74, 6) is 0.818. The van der Waals surface area contributed by atoms with E-state index in [0.717, 1.165) is 17.7 Å². The largest absolute Gasteiger partial charge is 0.496 e.